The third-order valence-corrected chi connectivity index (χ3v) is 4.75. The van der Waals surface area contributed by atoms with Crippen molar-refractivity contribution in [2.75, 3.05) is 6.61 Å². The van der Waals surface area contributed by atoms with Crippen molar-refractivity contribution in [1.82, 2.24) is 5.32 Å². The number of carbonyl (C=O) groups excluding carboxylic acids is 2. The third-order valence-electron chi connectivity index (χ3n) is 4.75. The van der Waals surface area contributed by atoms with Gasteiger partial charge in [0.2, 0.25) is 0 Å². The highest BCUT2D eigenvalue weighted by Gasteiger charge is 2.26. The lowest BCUT2D eigenvalue weighted by atomic mass is 9.87. The Kier molecular flexibility index (Phi) is 6.12. The minimum atomic E-state index is -0.888. The number of benzene rings is 2. The van der Waals surface area contributed by atoms with Crippen molar-refractivity contribution >= 4 is 11.9 Å². The molecule has 0 fully saturated rings. The van der Waals surface area contributed by atoms with Crippen LogP contribution in [0.4, 0.5) is 0 Å². The summed E-state index contributed by atoms with van der Waals surface area (Å²) in [6.45, 7) is 3.88. The molecule has 0 bridgehead atoms. The Morgan fingerprint density at radius 2 is 1.89 bits per heavy atom. The van der Waals surface area contributed by atoms with Crippen LogP contribution in [-0.4, -0.2) is 24.6 Å². The molecule has 3 rings (SSSR count). The number of hydrogen-bond acceptors (Lipinski definition) is 4. The minimum absolute atomic E-state index is 0.0423. The maximum absolute atomic E-state index is 12.6. The number of aryl methyl sites for hydroxylation is 1. The van der Waals surface area contributed by atoms with Crippen molar-refractivity contribution in [3.05, 3.63) is 65.2 Å². The highest BCUT2D eigenvalue weighted by molar-refractivity contribution is 5.94. The second-order valence-corrected chi connectivity index (χ2v) is 6.63. The first-order valence-electron chi connectivity index (χ1n) is 9.41. The quantitative estimate of drug-likeness (QED) is 0.788. The largest absolute Gasteiger partial charge is 0.493 e. The van der Waals surface area contributed by atoms with E-state index in [9.17, 15) is 9.59 Å². The number of ether oxygens (including phenoxy) is 2. The molecule has 0 saturated carbocycles. The molecular formula is C22H25NO4. The van der Waals surface area contributed by atoms with Gasteiger partial charge in [-0.05, 0) is 56.4 Å². The maximum atomic E-state index is 12.6. The molecule has 1 aliphatic carbocycles. The molecule has 1 aliphatic rings. The van der Waals surface area contributed by atoms with E-state index in [1.807, 2.05) is 19.1 Å². The van der Waals surface area contributed by atoms with Gasteiger partial charge in [0, 0.05) is 0 Å². The van der Waals surface area contributed by atoms with Crippen LogP contribution in [0.1, 0.15) is 54.2 Å². The van der Waals surface area contributed by atoms with E-state index in [1.54, 1.807) is 31.2 Å². The zero-order valence-electron chi connectivity index (χ0n) is 15.7. The lowest BCUT2D eigenvalue weighted by Crippen LogP contribution is -2.39. The van der Waals surface area contributed by atoms with E-state index in [0.717, 1.165) is 24.8 Å². The Labute approximate surface area is 159 Å². The Hall–Kier alpha value is -2.82. The van der Waals surface area contributed by atoms with Gasteiger partial charge in [-0.3, -0.25) is 4.79 Å². The van der Waals surface area contributed by atoms with Crippen LogP contribution in [0.3, 0.4) is 0 Å². The molecule has 5 nitrogen and oxygen atoms in total. The summed E-state index contributed by atoms with van der Waals surface area (Å²) in [7, 11) is 0. The van der Waals surface area contributed by atoms with Crippen LogP contribution in [-0.2, 0) is 16.0 Å². The first-order valence-corrected chi connectivity index (χ1v) is 9.41. The molecule has 0 radical (unpaired) electrons. The molecule has 2 atom stereocenters. The normalized spacial score (nSPS) is 16.7. The Balaban J connectivity index is 1.64. The highest BCUT2D eigenvalue weighted by Crippen LogP contribution is 2.29. The van der Waals surface area contributed by atoms with Crippen molar-refractivity contribution in [3.8, 4) is 5.75 Å². The van der Waals surface area contributed by atoms with E-state index in [-0.39, 0.29) is 11.9 Å². The number of esters is 1. The molecule has 142 valence electrons. The fourth-order valence-corrected chi connectivity index (χ4v) is 3.39. The first kappa shape index (κ1) is 19.0. The molecule has 0 aromatic heterocycles. The average molecular weight is 367 g/mol. The Morgan fingerprint density at radius 3 is 2.70 bits per heavy atom. The van der Waals surface area contributed by atoms with Crippen LogP contribution in [0.5, 0.6) is 5.75 Å². The maximum Gasteiger partial charge on any atom is 0.342 e. The lowest BCUT2D eigenvalue weighted by Gasteiger charge is -2.27. The van der Waals surface area contributed by atoms with Crippen LogP contribution >= 0.6 is 0 Å². The second-order valence-electron chi connectivity index (χ2n) is 6.63. The summed E-state index contributed by atoms with van der Waals surface area (Å²) in [5.41, 5.74) is 2.74. The molecular weight excluding hydrogens is 342 g/mol. The van der Waals surface area contributed by atoms with Crippen molar-refractivity contribution in [3.63, 3.8) is 0 Å². The Bertz CT molecular complexity index is 817. The molecule has 1 N–H and O–H groups in total. The second kappa shape index (κ2) is 8.71. The van der Waals surface area contributed by atoms with Gasteiger partial charge in [-0.1, -0.05) is 36.4 Å². The van der Waals surface area contributed by atoms with Crippen LogP contribution in [0, 0.1) is 0 Å². The predicted octanol–water partition coefficient (Wildman–Crippen LogP) is 3.82. The van der Waals surface area contributed by atoms with Crippen LogP contribution in [0.2, 0.25) is 0 Å². The molecule has 2 aromatic carbocycles. The van der Waals surface area contributed by atoms with Gasteiger partial charge >= 0.3 is 5.97 Å². The number of carbonyl (C=O) groups is 2. The van der Waals surface area contributed by atoms with Crippen molar-refractivity contribution in [1.29, 1.82) is 0 Å². The van der Waals surface area contributed by atoms with Gasteiger partial charge in [0.1, 0.15) is 11.3 Å². The van der Waals surface area contributed by atoms with E-state index in [4.69, 9.17) is 9.47 Å². The molecule has 2 aromatic rings. The van der Waals surface area contributed by atoms with Crippen molar-refractivity contribution in [2.45, 2.75) is 45.3 Å². The van der Waals surface area contributed by atoms with Gasteiger partial charge in [0.05, 0.1) is 12.6 Å². The molecule has 0 spiro atoms. The summed E-state index contributed by atoms with van der Waals surface area (Å²) in [6, 6.07) is 15.0. The van der Waals surface area contributed by atoms with Gasteiger partial charge in [-0.25, -0.2) is 4.79 Å². The number of amides is 1. The summed E-state index contributed by atoms with van der Waals surface area (Å²) in [4.78, 5) is 25.0. The number of hydrogen-bond donors (Lipinski definition) is 1. The first-order chi connectivity index (χ1) is 13.1. The number of nitrogens with one attached hydrogen (secondary N) is 1. The molecule has 5 heteroatoms. The summed E-state index contributed by atoms with van der Waals surface area (Å²) in [6.07, 6.45) is 2.05. The number of para-hydroxylation sites is 1. The van der Waals surface area contributed by atoms with E-state index in [2.05, 4.69) is 17.4 Å². The van der Waals surface area contributed by atoms with Gasteiger partial charge in [-0.2, -0.15) is 0 Å². The molecule has 27 heavy (non-hydrogen) atoms. The fourth-order valence-electron chi connectivity index (χ4n) is 3.39. The van der Waals surface area contributed by atoms with Crippen LogP contribution < -0.4 is 10.1 Å². The van der Waals surface area contributed by atoms with Crippen molar-refractivity contribution < 1.29 is 19.1 Å². The third kappa shape index (κ3) is 4.48. The van der Waals surface area contributed by atoms with Crippen molar-refractivity contribution in [2.24, 2.45) is 0 Å². The van der Waals surface area contributed by atoms with E-state index in [1.165, 1.54) is 5.56 Å². The topological polar surface area (TPSA) is 64.6 Å². The van der Waals surface area contributed by atoms with E-state index in [0.29, 0.717) is 17.9 Å². The zero-order valence-corrected chi connectivity index (χ0v) is 15.7. The number of rotatable bonds is 6. The van der Waals surface area contributed by atoms with E-state index < -0.39 is 12.1 Å². The SMILES string of the molecule is CCOc1ccccc1C(=O)O[C@@H](C)C(=O)N[C@@H]1CCCc2ccccc21. The van der Waals surface area contributed by atoms with Gasteiger partial charge in [0.15, 0.2) is 6.10 Å². The Morgan fingerprint density at radius 1 is 1.15 bits per heavy atom. The summed E-state index contributed by atoms with van der Waals surface area (Å²) < 4.78 is 10.8. The van der Waals surface area contributed by atoms with Gasteiger partial charge in [-0.15, -0.1) is 0 Å². The summed E-state index contributed by atoms with van der Waals surface area (Å²) in [5, 5.41) is 3.02. The highest BCUT2D eigenvalue weighted by atomic mass is 16.5. The zero-order chi connectivity index (χ0) is 19.2. The van der Waals surface area contributed by atoms with E-state index >= 15 is 0 Å². The summed E-state index contributed by atoms with van der Waals surface area (Å²) in [5.74, 6) is -0.400. The monoisotopic (exact) mass is 367 g/mol. The lowest BCUT2D eigenvalue weighted by molar-refractivity contribution is -0.130. The molecule has 0 aliphatic heterocycles. The molecule has 0 heterocycles. The van der Waals surface area contributed by atoms with Crippen LogP contribution in [0.25, 0.3) is 0 Å². The standard InChI is InChI=1S/C22H25NO4/c1-3-26-20-14-7-6-12-18(20)22(25)27-15(2)21(24)23-19-13-8-10-16-9-4-5-11-17(16)19/h4-7,9,11-12,14-15,19H,3,8,10,13H2,1-2H3,(H,23,24)/t15-,19+/m0/s1. The van der Waals surface area contributed by atoms with Gasteiger partial charge < -0.3 is 14.8 Å². The minimum Gasteiger partial charge on any atom is -0.493 e. The smallest absolute Gasteiger partial charge is 0.342 e. The molecule has 0 unspecified atom stereocenters. The predicted molar refractivity (Wildman–Crippen MR) is 103 cm³/mol. The fraction of sp³-hybridized carbons (Fsp3) is 0.364. The number of fused-ring (bicyclic) bond motifs is 1. The van der Waals surface area contributed by atoms with Gasteiger partial charge in [0.25, 0.3) is 5.91 Å². The molecule has 0 saturated heterocycles. The van der Waals surface area contributed by atoms with Crippen LogP contribution in [0.15, 0.2) is 48.5 Å². The summed E-state index contributed by atoms with van der Waals surface area (Å²) >= 11 is 0. The molecule has 1 amide bonds. The average Bonchev–Trinajstić information content (AvgIpc) is 2.69.